The van der Waals surface area contributed by atoms with Crippen LogP contribution < -0.4 is 5.43 Å². The SMILES string of the molecule is Fc1ccccc1C1CC(NN2CCCCC2)C1. The highest BCUT2D eigenvalue weighted by atomic mass is 19.1. The fraction of sp³-hybridized carbons (Fsp3) is 0.600. The van der Waals surface area contributed by atoms with E-state index in [9.17, 15) is 4.39 Å². The van der Waals surface area contributed by atoms with Gasteiger partial charge >= 0.3 is 0 Å². The number of hydrazine groups is 1. The first-order valence-electron chi connectivity index (χ1n) is 7.08. The van der Waals surface area contributed by atoms with Gasteiger partial charge in [0.05, 0.1) is 0 Å². The molecule has 0 radical (unpaired) electrons. The van der Waals surface area contributed by atoms with Crippen molar-refractivity contribution in [1.29, 1.82) is 0 Å². The Hall–Kier alpha value is -0.930. The molecule has 1 saturated heterocycles. The van der Waals surface area contributed by atoms with Gasteiger partial charge in [-0.2, -0.15) is 0 Å². The van der Waals surface area contributed by atoms with Crippen LogP contribution in [0.25, 0.3) is 0 Å². The van der Waals surface area contributed by atoms with E-state index in [1.165, 1.54) is 32.4 Å². The number of hydrogen-bond acceptors (Lipinski definition) is 2. The second kappa shape index (κ2) is 5.37. The molecule has 2 fully saturated rings. The summed E-state index contributed by atoms with van der Waals surface area (Å²) in [5.41, 5.74) is 4.48. The van der Waals surface area contributed by atoms with Crippen LogP contribution >= 0.6 is 0 Å². The number of hydrogen-bond donors (Lipinski definition) is 1. The van der Waals surface area contributed by atoms with Crippen LogP contribution in [0.2, 0.25) is 0 Å². The van der Waals surface area contributed by atoms with Gasteiger partial charge in [-0.25, -0.2) is 9.40 Å². The van der Waals surface area contributed by atoms with Crippen molar-refractivity contribution >= 4 is 0 Å². The van der Waals surface area contributed by atoms with Crippen molar-refractivity contribution in [3.8, 4) is 0 Å². The van der Waals surface area contributed by atoms with Crippen LogP contribution in [0.3, 0.4) is 0 Å². The van der Waals surface area contributed by atoms with Crippen LogP contribution in [-0.2, 0) is 0 Å². The molecule has 1 aromatic rings. The largest absolute Gasteiger partial charge is 0.252 e. The van der Waals surface area contributed by atoms with E-state index in [1.807, 2.05) is 12.1 Å². The molecular formula is C15H21FN2. The summed E-state index contributed by atoms with van der Waals surface area (Å²) in [5.74, 6) is 0.368. The topological polar surface area (TPSA) is 15.3 Å². The zero-order valence-corrected chi connectivity index (χ0v) is 10.7. The summed E-state index contributed by atoms with van der Waals surface area (Å²) in [4.78, 5) is 0. The third-order valence-electron chi connectivity index (χ3n) is 4.20. The van der Waals surface area contributed by atoms with Gasteiger partial charge in [-0.15, -0.1) is 0 Å². The van der Waals surface area contributed by atoms with Crippen LogP contribution in [0.1, 0.15) is 43.6 Å². The highest BCUT2D eigenvalue weighted by molar-refractivity contribution is 5.24. The first-order chi connectivity index (χ1) is 8.83. The summed E-state index contributed by atoms with van der Waals surface area (Å²) >= 11 is 0. The van der Waals surface area contributed by atoms with E-state index in [1.54, 1.807) is 12.1 Å². The van der Waals surface area contributed by atoms with Crippen LogP contribution in [0.4, 0.5) is 4.39 Å². The molecule has 3 heteroatoms. The number of benzene rings is 1. The normalized spacial score (nSPS) is 28.9. The molecule has 2 nitrogen and oxygen atoms in total. The first kappa shape index (κ1) is 12.1. The summed E-state index contributed by atoms with van der Waals surface area (Å²) in [5, 5.41) is 2.35. The maximum absolute atomic E-state index is 13.6. The number of nitrogens with zero attached hydrogens (tertiary/aromatic N) is 1. The summed E-state index contributed by atoms with van der Waals surface area (Å²) in [6.07, 6.45) is 6.10. The minimum atomic E-state index is -0.0427. The number of nitrogens with one attached hydrogen (secondary N) is 1. The molecule has 0 bridgehead atoms. The highest BCUT2D eigenvalue weighted by Gasteiger charge is 2.32. The van der Waals surface area contributed by atoms with Gasteiger partial charge in [0.1, 0.15) is 5.82 Å². The Balaban J connectivity index is 1.49. The molecule has 0 aromatic heterocycles. The smallest absolute Gasteiger partial charge is 0.126 e. The average Bonchev–Trinajstić information content (AvgIpc) is 2.36. The lowest BCUT2D eigenvalue weighted by Gasteiger charge is -2.40. The maximum Gasteiger partial charge on any atom is 0.126 e. The fourth-order valence-electron chi connectivity index (χ4n) is 3.06. The van der Waals surface area contributed by atoms with E-state index in [0.717, 1.165) is 18.4 Å². The van der Waals surface area contributed by atoms with Gasteiger partial charge in [-0.3, -0.25) is 5.43 Å². The summed E-state index contributed by atoms with van der Waals surface area (Å²) in [6.45, 7) is 2.34. The lowest BCUT2D eigenvalue weighted by molar-refractivity contribution is 0.0911. The van der Waals surface area contributed by atoms with Gasteiger partial charge in [0.2, 0.25) is 0 Å². The van der Waals surface area contributed by atoms with Crippen LogP contribution in [0.5, 0.6) is 0 Å². The van der Waals surface area contributed by atoms with E-state index in [2.05, 4.69) is 10.4 Å². The second-order valence-electron chi connectivity index (χ2n) is 5.56. The molecule has 18 heavy (non-hydrogen) atoms. The third-order valence-corrected chi connectivity index (χ3v) is 4.20. The maximum atomic E-state index is 13.6. The summed E-state index contributed by atoms with van der Waals surface area (Å²) in [7, 11) is 0. The summed E-state index contributed by atoms with van der Waals surface area (Å²) in [6, 6.07) is 7.75. The number of rotatable bonds is 3. The molecule has 0 spiro atoms. The van der Waals surface area contributed by atoms with E-state index < -0.39 is 0 Å². The quantitative estimate of drug-likeness (QED) is 0.884. The predicted octanol–water partition coefficient (Wildman–Crippen LogP) is 3.06. The Morgan fingerprint density at radius 3 is 2.50 bits per heavy atom. The van der Waals surface area contributed by atoms with Gasteiger partial charge in [-0.1, -0.05) is 24.6 Å². The zero-order chi connectivity index (χ0) is 12.4. The van der Waals surface area contributed by atoms with Gasteiger partial charge < -0.3 is 0 Å². The lowest BCUT2D eigenvalue weighted by atomic mass is 9.76. The molecule has 1 heterocycles. The number of halogens is 1. The lowest BCUT2D eigenvalue weighted by Crippen LogP contribution is -2.51. The summed E-state index contributed by atoms with van der Waals surface area (Å²) < 4.78 is 13.6. The molecule has 1 saturated carbocycles. The Morgan fingerprint density at radius 2 is 1.78 bits per heavy atom. The van der Waals surface area contributed by atoms with Crippen LogP contribution in [0.15, 0.2) is 24.3 Å². The Kier molecular flexibility index (Phi) is 3.62. The minimum absolute atomic E-state index is 0.0427. The van der Waals surface area contributed by atoms with Gasteiger partial charge in [0.15, 0.2) is 0 Å². The van der Waals surface area contributed by atoms with Crippen molar-refractivity contribution in [3.63, 3.8) is 0 Å². The molecule has 0 atom stereocenters. The van der Waals surface area contributed by atoms with E-state index in [4.69, 9.17) is 0 Å². The highest BCUT2D eigenvalue weighted by Crippen LogP contribution is 2.38. The van der Waals surface area contributed by atoms with Crippen molar-refractivity contribution < 1.29 is 4.39 Å². The zero-order valence-electron chi connectivity index (χ0n) is 10.7. The van der Waals surface area contributed by atoms with E-state index in [-0.39, 0.29) is 5.82 Å². The Morgan fingerprint density at radius 1 is 1.06 bits per heavy atom. The van der Waals surface area contributed by atoms with Crippen LogP contribution in [-0.4, -0.2) is 24.1 Å². The van der Waals surface area contributed by atoms with E-state index >= 15 is 0 Å². The monoisotopic (exact) mass is 248 g/mol. The predicted molar refractivity (Wildman–Crippen MR) is 70.7 cm³/mol. The van der Waals surface area contributed by atoms with Crippen molar-refractivity contribution in [1.82, 2.24) is 10.4 Å². The Labute approximate surface area is 108 Å². The molecule has 2 aliphatic rings. The molecule has 3 rings (SSSR count). The van der Waals surface area contributed by atoms with Crippen molar-refractivity contribution in [2.75, 3.05) is 13.1 Å². The van der Waals surface area contributed by atoms with Gasteiger partial charge in [0.25, 0.3) is 0 Å². The fourth-order valence-corrected chi connectivity index (χ4v) is 3.06. The molecule has 1 aliphatic heterocycles. The van der Waals surface area contributed by atoms with Crippen LogP contribution in [0, 0.1) is 5.82 Å². The first-order valence-corrected chi connectivity index (χ1v) is 7.08. The van der Waals surface area contributed by atoms with E-state index in [0.29, 0.717) is 12.0 Å². The molecule has 0 amide bonds. The second-order valence-corrected chi connectivity index (χ2v) is 5.56. The molecule has 1 aliphatic carbocycles. The van der Waals surface area contributed by atoms with Gasteiger partial charge in [-0.05, 0) is 43.2 Å². The standard InChI is InChI=1S/C15H21FN2/c16-15-7-3-2-6-14(15)12-10-13(11-12)17-18-8-4-1-5-9-18/h2-3,6-7,12-13,17H,1,4-5,8-11H2. The third kappa shape index (κ3) is 2.57. The van der Waals surface area contributed by atoms with Crippen molar-refractivity contribution in [2.24, 2.45) is 0 Å². The van der Waals surface area contributed by atoms with Gasteiger partial charge in [0, 0.05) is 19.1 Å². The number of piperidine rings is 1. The molecule has 0 unspecified atom stereocenters. The van der Waals surface area contributed by atoms with Crippen molar-refractivity contribution in [2.45, 2.75) is 44.1 Å². The molecule has 1 N–H and O–H groups in total. The minimum Gasteiger partial charge on any atom is -0.252 e. The molecule has 1 aromatic carbocycles. The average molecular weight is 248 g/mol. The van der Waals surface area contributed by atoms with Crippen molar-refractivity contribution in [3.05, 3.63) is 35.6 Å². The molecule has 98 valence electrons. The Bertz CT molecular complexity index is 395. The molecular weight excluding hydrogens is 227 g/mol.